The van der Waals surface area contributed by atoms with E-state index in [2.05, 4.69) is 24.8 Å². The van der Waals surface area contributed by atoms with Gasteiger partial charge in [0.25, 0.3) is 0 Å². The van der Waals surface area contributed by atoms with Gasteiger partial charge in [0.1, 0.15) is 18.0 Å². The number of benzene rings is 4. The van der Waals surface area contributed by atoms with Gasteiger partial charge in [0.2, 0.25) is 0 Å². The molecule has 0 saturated carbocycles. The third-order valence-corrected chi connectivity index (χ3v) is 6.89. The summed E-state index contributed by atoms with van der Waals surface area (Å²) in [6.45, 7) is 9.46. The largest absolute Gasteiger partial charge is 0.492 e. The minimum atomic E-state index is -4.46. The monoisotopic (exact) mass is 507 g/mol. The van der Waals surface area contributed by atoms with Gasteiger partial charge in [0.15, 0.2) is 0 Å². The lowest BCUT2D eigenvalue weighted by Gasteiger charge is -2.31. The van der Waals surface area contributed by atoms with Crippen molar-refractivity contribution in [3.05, 3.63) is 113 Å². The molecule has 1 N–H and O–H groups in total. The van der Waals surface area contributed by atoms with E-state index in [4.69, 9.17) is 4.74 Å². The molecule has 0 fully saturated rings. The Kier molecular flexibility index (Phi) is 7.90. The van der Waals surface area contributed by atoms with Crippen LogP contribution in [0.2, 0.25) is 0 Å². The first-order valence-electron chi connectivity index (χ1n) is 12.5. The molecule has 37 heavy (non-hydrogen) atoms. The molecule has 0 aliphatic heterocycles. The third-order valence-electron chi connectivity index (χ3n) is 6.89. The molecule has 0 bridgehead atoms. The van der Waals surface area contributed by atoms with E-state index >= 15 is 0 Å². The van der Waals surface area contributed by atoms with Crippen LogP contribution in [0.15, 0.2) is 84.9 Å². The molecule has 194 valence electrons. The first-order chi connectivity index (χ1) is 17.6. The summed E-state index contributed by atoms with van der Waals surface area (Å²) in [6, 6.07) is 23.5. The van der Waals surface area contributed by atoms with Gasteiger partial charge in [-0.25, -0.2) is 0 Å². The lowest BCUT2D eigenvalue weighted by atomic mass is 9.79. The summed E-state index contributed by atoms with van der Waals surface area (Å²) in [5.41, 5.74) is 0.151. The van der Waals surface area contributed by atoms with Crippen molar-refractivity contribution in [1.29, 1.82) is 0 Å². The molecule has 0 saturated heterocycles. The van der Waals surface area contributed by atoms with Crippen LogP contribution < -0.4 is 4.74 Å². The van der Waals surface area contributed by atoms with Crippen LogP contribution in [0, 0.1) is 6.92 Å². The van der Waals surface area contributed by atoms with Crippen LogP contribution in [-0.2, 0) is 11.8 Å². The number of rotatable bonds is 9. The van der Waals surface area contributed by atoms with E-state index in [1.165, 1.54) is 12.1 Å². The van der Waals surface area contributed by atoms with Gasteiger partial charge < -0.3 is 14.7 Å². The fourth-order valence-electron chi connectivity index (χ4n) is 4.62. The van der Waals surface area contributed by atoms with Gasteiger partial charge >= 0.3 is 6.18 Å². The molecule has 1 unspecified atom stereocenters. The topological polar surface area (TPSA) is 32.7 Å². The Morgan fingerprint density at radius 1 is 0.703 bits per heavy atom. The number of likely N-dealkylation sites (N-methyl/N-ethyl adjacent to an activating group) is 1. The van der Waals surface area contributed by atoms with Crippen molar-refractivity contribution in [3.8, 4) is 5.75 Å². The molecule has 0 aliphatic rings. The van der Waals surface area contributed by atoms with Gasteiger partial charge in [-0.3, -0.25) is 0 Å². The number of aryl methyl sites for hydroxylation is 1. The summed E-state index contributed by atoms with van der Waals surface area (Å²) in [6.07, 6.45) is -4.46. The van der Waals surface area contributed by atoms with Crippen molar-refractivity contribution in [2.24, 2.45) is 0 Å². The quantitative estimate of drug-likeness (QED) is 0.244. The van der Waals surface area contributed by atoms with Crippen molar-refractivity contribution in [1.82, 2.24) is 4.90 Å². The summed E-state index contributed by atoms with van der Waals surface area (Å²) in [5.74, 6) is 0.666. The molecule has 6 heteroatoms. The maximum absolute atomic E-state index is 13.2. The molecular formula is C31H32F3NO2. The Labute approximate surface area is 216 Å². The van der Waals surface area contributed by atoms with E-state index < -0.39 is 17.3 Å². The molecule has 0 spiro atoms. The maximum atomic E-state index is 13.2. The maximum Gasteiger partial charge on any atom is 0.416 e. The highest BCUT2D eigenvalue weighted by atomic mass is 19.4. The van der Waals surface area contributed by atoms with Crippen molar-refractivity contribution in [2.45, 2.75) is 32.5 Å². The smallest absolute Gasteiger partial charge is 0.416 e. The molecule has 0 heterocycles. The molecule has 4 aromatic carbocycles. The number of nitrogens with zero attached hydrogens (tertiary/aromatic N) is 1. The second-order valence-electron chi connectivity index (χ2n) is 9.25. The van der Waals surface area contributed by atoms with Crippen LogP contribution in [-0.4, -0.2) is 36.2 Å². The van der Waals surface area contributed by atoms with Crippen LogP contribution >= 0.6 is 0 Å². The highest BCUT2D eigenvalue weighted by Crippen LogP contribution is 2.40. The fraction of sp³-hybridized carbons (Fsp3) is 0.290. The first-order valence-corrected chi connectivity index (χ1v) is 12.5. The predicted octanol–water partition coefficient (Wildman–Crippen LogP) is 7.17. The zero-order valence-corrected chi connectivity index (χ0v) is 21.3. The first kappa shape index (κ1) is 26.7. The Morgan fingerprint density at radius 2 is 1.22 bits per heavy atom. The molecule has 0 radical (unpaired) electrons. The van der Waals surface area contributed by atoms with Gasteiger partial charge in [0.05, 0.1) is 5.56 Å². The normalized spacial score (nSPS) is 13.6. The molecule has 0 amide bonds. The second-order valence-corrected chi connectivity index (χ2v) is 9.25. The van der Waals surface area contributed by atoms with Gasteiger partial charge in [-0.2, -0.15) is 13.2 Å². The van der Waals surface area contributed by atoms with E-state index in [0.717, 1.165) is 48.1 Å². The Bertz CT molecular complexity index is 1330. The Morgan fingerprint density at radius 3 is 1.81 bits per heavy atom. The lowest BCUT2D eigenvalue weighted by Crippen LogP contribution is -2.29. The van der Waals surface area contributed by atoms with Crippen LogP contribution in [0.4, 0.5) is 13.2 Å². The van der Waals surface area contributed by atoms with Crippen LogP contribution in [0.25, 0.3) is 10.8 Å². The Hall–Kier alpha value is -3.35. The van der Waals surface area contributed by atoms with E-state index in [-0.39, 0.29) is 0 Å². The number of ether oxygens (including phenoxy) is 1. The number of hydrogen-bond acceptors (Lipinski definition) is 3. The molecule has 0 aliphatic carbocycles. The van der Waals surface area contributed by atoms with E-state index in [0.29, 0.717) is 29.0 Å². The zero-order chi connectivity index (χ0) is 26.6. The standard InChI is InChI=1S/C31H32F3NO2/c1-4-35(5-2)18-19-37-29-16-14-26(15-17-29)30(36,25-10-12-27(13-11-25)31(32,33)34)28-9-8-23-20-22(3)6-7-24(23)21-28/h6-17,20-21,36H,4-5,18-19H2,1-3H3. The molecular weight excluding hydrogens is 475 g/mol. The van der Waals surface area contributed by atoms with Crippen LogP contribution in [0.1, 0.15) is 41.7 Å². The molecule has 4 aromatic rings. The fourth-order valence-corrected chi connectivity index (χ4v) is 4.62. The van der Waals surface area contributed by atoms with E-state index in [1.807, 2.05) is 37.3 Å². The SMILES string of the molecule is CCN(CC)CCOc1ccc(C(O)(c2ccc(C(F)(F)F)cc2)c2ccc3cc(C)ccc3c2)cc1. The summed E-state index contributed by atoms with van der Waals surface area (Å²) in [4.78, 5) is 2.26. The molecule has 0 aromatic heterocycles. The average molecular weight is 508 g/mol. The number of alkyl halides is 3. The zero-order valence-electron chi connectivity index (χ0n) is 21.3. The summed E-state index contributed by atoms with van der Waals surface area (Å²) < 4.78 is 45.6. The summed E-state index contributed by atoms with van der Waals surface area (Å²) in [7, 11) is 0. The number of aliphatic hydroxyl groups is 1. The lowest BCUT2D eigenvalue weighted by molar-refractivity contribution is -0.137. The Balaban J connectivity index is 1.72. The minimum Gasteiger partial charge on any atom is -0.492 e. The van der Waals surface area contributed by atoms with Gasteiger partial charge in [0, 0.05) is 6.54 Å². The average Bonchev–Trinajstić information content (AvgIpc) is 2.90. The van der Waals surface area contributed by atoms with Crippen molar-refractivity contribution in [3.63, 3.8) is 0 Å². The van der Waals surface area contributed by atoms with E-state index in [1.54, 1.807) is 24.3 Å². The van der Waals surface area contributed by atoms with Crippen LogP contribution in [0.3, 0.4) is 0 Å². The van der Waals surface area contributed by atoms with Crippen LogP contribution in [0.5, 0.6) is 5.75 Å². The second kappa shape index (κ2) is 11.0. The van der Waals surface area contributed by atoms with Gasteiger partial charge in [-0.1, -0.05) is 74.0 Å². The highest BCUT2D eigenvalue weighted by molar-refractivity contribution is 5.84. The van der Waals surface area contributed by atoms with Crippen molar-refractivity contribution >= 4 is 10.8 Å². The van der Waals surface area contributed by atoms with Crippen molar-refractivity contribution < 1.29 is 23.0 Å². The van der Waals surface area contributed by atoms with E-state index in [9.17, 15) is 18.3 Å². The summed E-state index contributed by atoms with van der Waals surface area (Å²) in [5, 5.41) is 14.2. The predicted molar refractivity (Wildman–Crippen MR) is 142 cm³/mol. The summed E-state index contributed by atoms with van der Waals surface area (Å²) >= 11 is 0. The molecule has 3 nitrogen and oxygen atoms in total. The molecule has 4 rings (SSSR count). The highest BCUT2D eigenvalue weighted by Gasteiger charge is 2.36. The number of hydrogen-bond donors (Lipinski definition) is 1. The van der Waals surface area contributed by atoms with Gasteiger partial charge in [-0.05, 0) is 77.8 Å². The van der Waals surface area contributed by atoms with Gasteiger partial charge in [-0.15, -0.1) is 0 Å². The molecule has 1 atom stereocenters. The minimum absolute atomic E-state index is 0.349. The van der Waals surface area contributed by atoms with Crippen molar-refractivity contribution in [2.75, 3.05) is 26.2 Å². The number of fused-ring (bicyclic) bond motifs is 1. The third kappa shape index (κ3) is 5.81. The number of halogens is 3.